The van der Waals surface area contributed by atoms with Gasteiger partial charge in [0, 0.05) is 55.7 Å². The average Bonchev–Trinajstić information content (AvgIpc) is 3.59. The number of nitrogens with zero attached hydrogens (tertiary/aromatic N) is 4. The van der Waals surface area contributed by atoms with Crippen LogP contribution in [0.3, 0.4) is 0 Å². The zero-order valence-corrected chi connectivity index (χ0v) is 19.1. The summed E-state index contributed by atoms with van der Waals surface area (Å²) in [6, 6.07) is 7.20. The fraction of sp³-hybridized carbons (Fsp3) is 0.346. The summed E-state index contributed by atoms with van der Waals surface area (Å²) < 4.78 is 1.68. The molecule has 1 saturated heterocycles. The maximum absolute atomic E-state index is 13.1. The lowest BCUT2D eigenvalue weighted by molar-refractivity contribution is 0.0734. The molecule has 1 amide bonds. The van der Waals surface area contributed by atoms with Crippen LogP contribution in [-0.4, -0.2) is 43.6 Å². The van der Waals surface area contributed by atoms with Gasteiger partial charge in [0.1, 0.15) is 5.65 Å². The van der Waals surface area contributed by atoms with E-state index < -0.39 is 0 Å². The number of aryl methyl sites for hydroxylation is 2. The molecule has 1 fully saturated rings. The van der Waals surface area contributed by atoms with Gasteiger partial charge in [-0.2, -0.15) is 5.10 Å². The summed E-state index contributed by atoms with van der Waals surface area (Å²) >= 11 is 0. The van der Waals surface area contributed by atoms with Crippen molar-refractivity contribution in [2.24, 2.45) is 7.05 Å². The molecule has 7 heteroatoms. The van der Waals surface area contributed by atoms with Gasteiger partial charge in [-0.15, -0.1) is 0 Å². The Labute approximate surface area is 192 Å². The number of carbonyl (C=O) groups is 1. The predicted octanol–water partition coefficient (Wildman–Crippen LogP) is 3.89. The van der Waals surface area contributed by atoms with Crippen molar-refractivity contribution >= 4 is 16.9 Å². The molecule has 2 N–H and O–H groups in total. The van der Waals surface area contributed by atoms with Crippen LogP contribution in [0.1, 0.15) is 51.5 Å². The number of pyridine rings is 1. The number of amides is 1. The standard InChI is InChI=1S/C26H28N6O/c1-16-11-28-25-21(16)10-19(12-29-25)18-8-17-5-7-32(26(33)20-13-30-31(2)14-20)15-23(17)22(9-18)24-4-3-6-27-24/h8-14,24,27H,3-7,15H2,1-2H3,(H,28,29)/t24-/m0/s1. The Balaban J connectivity index is 1.40. The number of rotatable bonds is 3. The molecule has 5 heterocycles. The largest absolute Gasteiger partial charge is 0.346 e. The summed E-state index contributed by atoms with van der Waals surface area (Å²) in [6.45, 7) is 4.51. The van der Waals surface area contributed by atoms with Gasteiger partial charge in [-0.1, -0.05) is 6.07 Å². The molecule has 2 aliphatic rings. The topological polar surface area (TPSA) is 78.8 Å². The second kappa shape index (κ2) is 7.85. The first kappa shape index (κ1) is 20.2. The maximum atomic E-state index is 13.1. The van der Waals surface area contributed by atoms with Gasteiger partial charge < -0.3 is 15.2 Å². The maximum Gasteiger partial charge on any atom is 0.257 e. The van der Waals surface area contributed by atoms with Gasteiger partial charge in [0.05, 0.1) is 11.8 Å². The SMILES string of the molecule is Cc1c[nH]c2ncc(-c3cc4c(c([C@@H]5CCCN5)c3)CN(C(=O)c3cnn(C)c3)CC4)cc12. The molecule has 3 aromatic heterocycles. The Morgan fingerprint density at radius 1 is 1.18 bits per heavy atom. The van der Waals surface area contributed by atoms with E-state index >= 15 is 0 Å². The molecule has 0 aliphatic carbocycles. The van der Waals surface area contributed by atoms with Crippen LogP contribution < -0.4 is 5.32 Å². The van der Waals surface area contributed by atoms with Crippen molar-refractivity contribution in [2.45, 2.75) is 38.8 Å². The predicted molar refractivity (Wildman–Crippen MR) is 128 cm³/mol. The molecule has 1 aromatic carbocycles. The molecule has 33 heavy (non-hydrogen) atoms. The first-order chi connectivity index (χ1) is 16.1. The Hall–Kier alpha value is -3.45. The lowest BCUT2D eigenvalue weighted by Crippen LogP contribution is -2.37. The van der Waals surface area contributed by atoms with Gasteiger partial charge in [-0.25, -0.2) is 4.98 Å². The molecule has 0 bridgehead atoms. The molecular formula is C26H28N6O. The third kappa shape index (κ3) is 3.53. The number of fused-ring (bicyclic) bond motifs is 2. The molecule has 1 atom stereocenters. The van der Waals surface area contributed by atoms with Crippen molar-refractivity contribution in [3.63, 3.8) is 0 Å². The minimum atomic E-state index is 0.0562. The van der Waals surface area contributed by atoms with E-state index in [4.69, 9.17) is 0 Å². The summed E-state index contributed by atoms with van der Waals surface area (Å²) in [5.41, 5.74) is 9.11. The summed E-state index contributed by atoms with van der Waals surface area (Å²) in [5.74, 6) is 0.0562. The van der Waals surface area contributed by atoms with Gasteiger partial charge in [-0.05, 0) is 72.7 Å². The number of aromatic nitrogens is 4. The fourth-order valence-corrected chi connectivity index (χ4v) is 5.31. The molecule has 2 aliphatic heterocycles. The molecule has 168 valence electrons. The second-order valence-electron chi connectivity index (χ2n) is 9.32. The summed E-state index contributed by atoms with van der Waals surface area (Å²) in [6.07, 6.45) is 10.6. The van der Waals surface area contributed by atoms with Crippen LogP contribution in [0.4, 0.5) is 0 Å². The van der Waals surface area contributed by atoms with Gasteiger partial charge >= 0.3 is 0 Å². The molecule has 6 rings (SSSR count). The highest BCUT2D eigenvalue weighted by Crippen LogP contribution is 2.36. The van der Waals surface area contributed by atoms with Crippen LogP contribution in [-0.2, 0) is 20.0 Å². The van der Waals surface area contributed by atoms with Crippen LogP contribution in [0.5, 0.6) is 0 Å². The van der Waals surface area contributed by atoms with Crippen LogP contribution in [0, 0.1) is 6.92 Å². The third-order valence-electron chi connectivity index (χ3n) is 7.12. The highest BCUT2D eigenvalue weighted by Gasteiger charge is 2.28. The normalized spacial score (nSPS) is 18.1. The van der Waals surface area contributed by atoms with Crippen molar-refractivity contribution < 1.29 is 4.79 Å². The minimum Gasteiger partial charge on any atom is -0.346 e. The Morgan fingerprint density at radius 3 is 2.88 bits per heavy atom. The number of benzene rings is 1. The minimum absolute atomic E-state index is 0.0562. The lowest BCUT2D eigenvalue weighted by Gasteiger charge is -2.32. The van der Waals surface area contributed by atoms with Crippen LogP contribution in [0.25, 0.3) is 22.2 Å². The quantitative estimate of drug-likeness (QED) is 0.507. The van der Waals surface area contributed by atoms with E-state index in [1.807, 2.05) is 24.3 Å². The molecule has 7 nitrogen and oxygen atoms in total. The highest BCUT2D eigenvalue weighted by atomic mass is 16.2. The number of hydrogen-bond donors (Lipinski definition) is 2. The zero-order valence-electron chi connectivity index (χ0n) is 19.1. The smallest absolute Gasteiger partial charge is 0.257 e. The number of carbonyl (C=O) groups excluding carboxylic acids is 1. The zero-order chi connectivity index (χ0) is 22.5. The molecule has 4 aromatic rings. The molecular weight excluding hydrogens is 412 g/mol. The Bertz CT molecular complexity index is 1360. The van der Waals surface area contributed by atoms with Crippen molar-refractivity contribution in [3.05, 3.63) is 70.8 Å². The van der Waals surface area contributed by atoms with Gasteiger partial charge in [-0.3, -0.25) is 9.48 Å². The van der Waals surface area contributed by atoms with E-state index in [1.165, 1.54) is 39.6 Å². The van der Waals surface area contributed by atoms with Crippen LogP contribution in [0.2, 0.25) is 0 Å². The van der Waals surface area contributed by atoms with Gasteiger partial charge in [0.15, 0.2) is 0 Å². The van der Waals surface area contributed by atoms with E-state index in [-0.39, 0.29) is 5.91 Å². The summed E-state index contributed by atoms with van der Waals surface area (Å²) in [5, 5.41) is 9.02. The molecule has 0 unspecified atom stereocenters. The van der Waals surface area contributed by atoms with E-state index in [0.29, 0.717) is 18.2 Å². The number of H-pyrrole nitrogens is 1. The second-order valence-corrected chi connectivity index (χ2v) is 9.32. The Morgan fingerprint density at radius 2 is 2.09 bits per heavy atom. The Kier molecular flexibility index (Phi) is 4.80. The summed E-state index contributed by atoms with van der Waals surface area (Å²) in [7, 11) is 1.84. The highest BCUT2D eigenvalue weighted by molar-refractivity contribution is 5.94. The number of hydrogen-bond acceptors (Lipinski definition) is 4. The lowest BCUT2D eigenvalue weighted by atomic mass is 9.87. The van der Waals surface area contributed by atoms with E-state index in [0.717, 1.165) is 37.1 Å². The first-order valence-electron chi connectivity index (χ1n) is 11.7. The van der Waals surface area contributed by atoms with E-state index in [2.05, 4.69) is 45.5 Å². The average molecular weight is 441 g/mol. The van der Waals surface area contributed by atoms with Crippen molar-refractivity contribution in [3.8, 4) is 11.1 Å². The van der Waals surface area contributed by atoms with Gasteiger partial charge in [0.25, 0.3) is 5.91 Å². The summed E-state index contributed by atoms with van der Waals surface area (Å²) in [4.78, 5) is 23.0. The van der Waals surface area contributed by atoms with Crippen molar-refractivity contribution in [1.82, 2.24) is 30.0 Å². The van der Waals surface area contributed by atoms with Crippen LogP contribution in [0.15, 0.2) is 43.0 Å². The number of nitrogens with one attached hydrogen (secondary N) is 2. The van der Waals surface area contributed by atoms with Gasteiger partial charge in [0.2, 0.25) is 0 Å². The number of aromatic amines is 1. The van der Waals surface area contributed by atoms with E-state index in [1.54, 1.807) is 17.1 Å². The molecule has 0 spiro atoms. The molecule has 0 saturated carbocycles. The van der Waals surface area contributed by atoms with Crippen molar-refractivity contribution in [1.29, 1.82) is 0 Å². The van der Waals surface area contributed by atoms with Crippen molar-refractivity contribution in [2.75, 3.05) is 13.1 Å². The van der Waals surface area contributed by atoms with E-state index in [9.17, 15) is 4.79 Å². The fourth-order valence-electron chi connectivity index (χ4n) is 5.31. The third-order valence-corrected chi connectivity index (χ3v) is 7.12. The monoisotopic (exact) mass is 440 g/mol. The van der Waals surface area contributed by atoms with Crippen LogP contribution >= 0.6 is 0 Å². The molecule has 0 radical (unpaired) electrons. The first-order valence-corrected chi connectivity index (χ1v) is 11.7.